The molecule has 2 aromatic rings. The largest absolute Gasteiger partial charge is 0.355 e. The van der Waals surface area contributed by atoms with Gasteiger partial charge in [0.15, 0.2) is 0 Å². The molecular weight excluding hydrogens is 347 g/mol. The minimum atomic E-state index is 0.936. The van der Waals surface area contributed by atoms with Crippen molar-refractivity contribution in [3.05, 3.63) is 57.2 Å². The fraction of sp³-hybridized carbons (Fsp3) is 0.250. The summed E-state index contributed by atoms with van der Waals surface area (Å²) in [5.41, 5.74) is 4.93. The first-order chi connectivity index (χ1) is 9.06. The summed E-state index contributed by atoms with van der Waals surface area (Å²) in [7, 11) is 4.19. The molecule has 0 bridgehead atoms. The van der Waals surface area contributed by atoms with E-state index < -0.39 is 0 Å². The van der Waals surface area contributed by atoms with E-state index >= 15 is 0 Å². The number of para-hydroxylation sites is 1. The lowest BCUT2D eigenvalue weighted by Gasteiger charge is -2.17. The molecule has 0 spiro atoms. The molecule has 0 radical (unpaired) electrons. The molecule has 0 saturated carbocycles. The average Bonchev–Trinajstić information content (AvgIpc) is 2.34. The van der Waals surface area contributed by atoms with E-state index in [-0.39, 0.29) is 0 Å². The highest BCUT2D eigenvalue weighted by Crippen LogP contribution is 2.25. The lowest BCUT2D eigenvalue weighted by atomic mass is 10.1. The molecule has 0 fully saturated rings. The molecule has 0 aromatic heterocycles. The number of aryl methyl sites for hydroxylation is 1. The molecule has 0 saturated heterocycles. The second-order valence-electron chi connectivity index (χ2n) is 4.98. The van der Waals surface area contributed by atoms with Crippen LogP contribution >= 0.6 is 22.6 Å². The second kappa shape index (κ2) is 6.39. The lowest BCUT2D eigenvalue weighted by Crippen LogP contribution is -2.12. The quantitative estimate of drug-likeness (QED) is 0.807. The third kappa shape index (κ3) is 3.94. The first-order valence-corrected chi connectivity index (χ1v) is 7.40. The van der Waals surface area contributed by atoms with Crippen LogP contribution < -0.4 is 5.32 Å². The molecule has 100 valence electrons. The first kappa shape index (κ1) is 14.3. The summed E-state index contributed by atoms with van der Waals surface area (Å²) in [5.74, 6) is 0. The zero-order valence-corrected chi connectivity index (χ0v) is 13.7. The molecule has 2 nitrogen and oxygen atoms in total. The summed E-state index contributed by atoms with van der Waals surface area (Å²) in [6.07, 6.45) is 0. The Morgan fingerprint density at radius 1 is 1.05 bits per heavy atom. The van der Waals surface area contributed by atoms with E-state index in [2.05, 4.69) is 96.3 Å². The third-order valence-electron chi connectivity index (χ3n) is 2.97. The molecule has 2 aromatic carbocycles. The Labute approximate surface area is 129 Å². The smallest absolute Gasteiger partial charge is 0.0430 e. The molecule has 19 heavy (non-hydrogen) atoms. The molecular formula is C16H19IN2. The number of rotatable bonds is 4. The molecule has 0 atom stereocenters. The van der Waals surface area contributed by atoms with E-state index in [0.717, 1.165) is 6.54 Å². The monoisotopic (exact) mass is 366 g/mol. The van der Waals surface area contributed by atoms with Crippen molar-refractivity contribution in [1.82, 2.24) is 4.90 Å². The Bertz CT molecular complexity index is 564. The van der Waals surface area contributed by atoms with E-state index in [9.17, 15) is 0 Å². The van der Waals surface area contributed by atoms with E-state index in [1.54, 1.807) is 0 Å². The fourth-order valence-electron chi connectivity index (χ4n) is 2.01. The standard InChI is InChI=1S/C16H19IN2/c1-12-6-4-5-7-15(12)18-16-9-8-14(17)10-13(16)11-19(2)3/h4-10,18H,11H2,1-3H3. The van der Waals surface area contributed by atoms with Crippen molar-refractivity contribution in [2.24, 2.45) is 0 Å². The van der Waals surface area contributed by atoms with Crippen molar-refractivity contribution in [2.75, 3.05) is 19.4 Å². The number of nitrogens with zero attached hydrogens (tertiary/aromatic N) is 1. The third-order valence-corrected chi connectivity index (χ3v) is 3.64. The molecule has 0 unspecified atom stereocenters. The summed E-state index contributed by atoms with van der Waals surface area (Å²) in [5, 5.41) is 3.54. The number of halogens is 1. The van der Waals surface area contributed by atoms with Crippen LogP contribution in [0.5, 0.6) is 0 Å². The molecule has 1 N–H and O–H groups in total. The number of hydrogen-bond donors (Lipinski definition) is 1. The normalized spacial score (nSPS) is 10.8. The molecule has 0 amide bonds. The van der Waals surface area contributed by atoms with Gasteiger partial charge >= 0.3 is 0 Å². The van der Waals surface area contributed by atoms with E-state index in [0.29, 0.717) is 0 Å². The van der Waals surface area contributed by atoms with Crippen LogP contribution in [-0.4, -0.2) is 19.0 Å². The maximum atomic E-state index is 3.54. The van der Waals surface area contributed by atoms with Gasteiger partial charge in [0.05, 0.1) is 0 Å². The van der Waals surface area contributed by atoms with Gasteiger partial charge in [-0.25, -0.2) is 0 Å². The van der Waals surface area contributed by atoms with Crippen LogP contribution in [0.15, 0.2) is 42.5 Å². The highest BCUT2D eigenvalue weighted by Gasteiger charge is 2.06. The molecule has 2 rings (SSSR count). The number of nitrogens with one attached hydrogen (secondary N) is 1. The SMILES string of the molecule is Cc1ccccc1Nc1ccc(I)cc1CN(C)C. The molecule has 0 aliphatic carbocycles. The van der Waals surface area contributed by atoms with Crippen LogP contribution in [0.1, 0.15) is 11.1 Å². The highest BCUT2D eigenvalue weighted by atomic mass is 127. The van der Waals surface area contributed by atoms with Crippen molar-refractivity contribution in [2.45, 2.75) is 13.5 Å². The fourth-order valence-corrected chi connectivity index (χ4v) is 2.57. The van der Waals surface area contributed by atoms with Crippen LogP contribution in [0.25, 0.3) is 0 Å². The van der Waals surface area contributed by atoms with Crippen LogP contribution in [-0.2, 0) is 6.54 Å². The summed E-state index contributed by atoms with van der Waals surface area (Å²) in [6, 6.07) is 14.9. The molecule has 3 heteroatoms. The maximum Gasteiger partial charge on any atom is 0.0430 e. The summed E-state index contributed by atoms with van der Waals surface area (Å²) in [6.45, 7) is 3.06. The Morgan fingerprint density at radius 3 is 2.47 bits per heavy atom. The molecule has 0 heterocycles. The van der Waals surface area contributed by atoms with Crippen molar-refractivity contribution in [3.8, 4) is 0 Å². The van der Waals surface area contributed by atoms with Gasteiger partial charge in [-0.15, -0.1) is 0 Å². The van der Waals surface area contributed by atoms with E-state index in [4.69, 9.17) is 0 Å². The maximum absolute atomic E-state index is 3.54. The first-order valence-electron chi connectivity index (χ1n) is 6.32. The predicted octanol–water partition coefficient (Wildman–Crippen LogP) is 4.40. The average molecular weight is 366 g/mol. The van der Waals surface area contributed by atoms with Crippen molar-refractivity contribution in [3.63, 3.8) is 0 Å². The van der Waals surface area contributed by atoms with Gasteiger partial charge in [0, 0.05) is 21.5 Å². The van der Waals surface area contributed by atoms with Crippen molar-refractivity contribution in [1.29, 1.82) is 0 Å². The highest BCUT2D eigenvalue weighted by molar-refractivity contribution is 14.1. The Kier molecular flexibility index (Phi) is 4.82. The van der Waals surface area contributed by atoms with Crippen LogP contribution in [0, 0.1) is 10.5 Å². The van der Waals surface area contributed by atoms with Gasteiger partial charge in [-0.05, 0) is 79.0 Å². The summed E-state index contributed by atoms with van der Waals surface area (Å²) >= 11 is 2.36. The summed E-state index contributed by atoms with van der Waals surface area (Å²) in [4.78, 5) is 2.19. The molecule has 0 aliphatic heterocycles. The van der Waals surface area contributed by atoms with Crippen molar-refractivity contribution < 1.29 is 0 Å². The summed E-state index contributed by atoms with van der Waals surface area (Å²) < 4.78 is 1.27. The lowest BCUT2D eigenvalue weighted by molar-refractivity contribution is 0.403. The number of benzene rings is 2. The zero-order valence-electron chi connectivity index (χ0n) is 11.6. The topological polar surface area (TPSA) is 15.3 Å². The van der Waals surface area contributed by atoms with E-state index in [1.807, 2.05) is 0 Å². The number of hydrogen-bond acceptors (Lipinski definition) is 2. The predicted molar refractivity (Wildman–Crippen MR) is 91.0 cm³/mol. The molecule has 0 aliphatic rings. The van der Waals surface area contributed by atoms with Gasteiger partial charge in [-0.3, -0.25) is 0 Å². The van der Waals surface area contributed by atoms with Gasteiger partial charge < -0.3 is 10.2 Å². The van der Waals surface area contributed by atoms with Gasteiger partial charge in [0.2, 0.25) is 0 Å². The van der Waals surface area contributed by atoms with Gasteiger partial charge in [-0.1, -0.05) is 18.2 Å². The Hall–Kier alpha value is -1.07. The zero-order chi connectivity index (χ0) is 13.8. The second-order valence-corrected chi connectivity index (χ2v) is 6.22. The van der Waals surface area contributed by atoms with E-state index in [1.165, 1.54) is 26.1 Å². The Morgan fingerprint density at radius 2 is 1.79 bits per heavy atom. The van der Waals surface area contributed by atoms with Crippen LogP contribution in [0.4, 0.5) is 11.4 Å². The minimum absolute atomic E-state index is 0.936. The van der Waals surface area contributed by atoms with Crippen LogP contribution in [0.3, 0.4) is 0 Å². The van der Waals surface area contributed by atoms with Crippen molar-refractivity contribution >= 4 is 34.0 Å². The number of anilines is 2. The van der Waals surface area contributed by atoms with Gasteiger partial charge in [-0.2, -0.15) is 0 Å². The minimum Gasteiger partial charge on any atom is -0.355 e. The van der Waals surface area contributed by atoms with Gasteiger partial charge in [0.25, 0.3) is 0 Å². The van der Waals surface area contributed by atoms with Gasteiger partial charge in [0.1, 0.15) is 0 Å². The Balaban J connectivity index is 2.32. The van der Waals surface area contributed by atoms with Crippen LogP contribution in [0.2, 0.25) is 0 Å².